The molecule has 0 spiro atoms. The summed E-state index contributed by atoms with van der Waals surface area (Å²) in [5, 5.41) is 3.04. The van der Waals surface area contributed by atoms with Gasteiger partial charge in [-0.15, -0.1) is 0 Å². The van der Waals surface area contributed by atoms with Crippen molar-refractivity contribution in [2.24, 2.45) is 5.92 Å². The standard InChI is InChI=1S/C20H31N3O3/c1-25-10-9-23-13-16-7-8-18(23)14-22(12-16)15-20(24)21-11-17-5-3-4-6-19(17)26-2/h3-6,16,18H,7-15H2,1-2H3,(H,21,24)/t16-,18+/m0/s1. The van der Waals surface area contributed by atoms with E-state index in [1.165, 1.54) is 12.8 Å². The van der Waals surface area contributed by atoms with Crippen LogP contribution in [0.2, 0.25) is 0 Å². The summed E-state index contributed by atoms with van der Waals surface area (Å²) in [6.45, 7) is 5.87. The number of para-hydroxylation sites is 1. The maximum Gasteiger partial charge on any atom is 0.234 e. The molecule has 3 fully saturated rings. The molecule has 3 saturated heterocycles. The number of ether oxygens (including phenoxy) is 2. The fraction of sp³-hybridized carbons (Fsp3) is 0.650. The molecule has 6 nitrogen and oxygen atoms in total. The second-order valence-corrected chi connectivity index (χ2v) is 7.37. The first-order chi connectivity index (χ1) is 12.7. The van der Waals surface area contributed by atoms with E-state index in [2.05, 4.69) is 15.1 Å². The van der Waals surface area contributed by atoms with E-state index in [1.54, 1.807) is 14.2 Å². The van der Waals surface area contributed by atoms with E-state index < -0.39 is 0 Å². The quantitative estimate of drug-likeness (QED) is 0.758. The van der Waals surface area contributed by atoms with Crippen molar-refractivity contribution in [1.82, 2.24) is 15.1 Å². The Labute approximate surface area is 156 Å². The smallest absolute Gasteiger partial charge is 0.234 e. The largest absolute Gasteiger partial charge is 0.496 e. The Bertz CT molecular complexity index is 595. The van der Waals surface area contributed by atoms with Crippen LogP contribution in [0.4, 0.5) is 0 Å². The SMILES string of the molecule is COCCN1C[C@H]2CC[C@@H]1CN(CC(=O)NCc1ccccc1OC)C2. The molecule has 144 valence electrons. The Balaban J connectivity index is 1.50. The number of piperidine rings is 1. The van der Waals surface area contributed by atoms with Crippen molar-refractivity contribution in [2.75, 3.05) is 53.6 Å². The van der Waals surface area contributed by atoms with Crippen LogP contribution in [0.5, 0.6) is 5.75 Å². The van der Waals surface area contributed by atoms with E-state index in [-0.39, 0.29) is 5.91 Å². The number of hydrogen-bond donors (Lipinski definition) is 1. The number of methoxy groups -OCH3 is 2. The molecule has 3 aliphatic rings. The van der Waals surface area contributed by atoms with Gasteiger partial charge in [-0.25, -0.2) is 0 Å². The highest BCUT2D eigenvalue weighted by Crippen LogP contribution is 2.27. The first kappa shape index (κ1) is 19.1. The number of benzene rings is 1. The lowest BCUT2D eigenvalue weighted by Crippen LogP contribution is -2.46. The van der Waals surface area contributed by atoms with Crippen molar-refractivity contribution < 1.29 is 14.3 Å². The van der Waals surface area contributed by atoms with Gasteiger partial charge in [0.1, 0.15) is 5.75 Å². The first-order valence-electron chi connectivity index (χ1n) is 9.53. The first-order valence-corrected chi connectivity index (χ1v) is 9.53. The maximum absolute atomic E-state index is 12.5. The molecule has 6 heteroatoms. The fourth-order valence-electron chi connectivity index (χ4n) is 4.19. The summed E-state index contributed by atoms with van der Waals surface area (Å²) >= 11 is 0. The molecule has 0 radical (unpaired) electrons. The van der Waals surface area contributed by atoms with Crippen molar-refractivity contribution in [3.8, 4) is 5.75 Å². The number of hydrogen-bond acceptors (Lipinski definition) is 5. The highest BCUT2D eigenvalue weighted by atomic mass is 16.5. The summed E-state index contributed by atoms with van der Waals surface area (Å²) in [6.07, 6.45) is 2.50. The van der Waals surface area contributed by atoms with Gasteiger partial charge in [0.2, 0.25) is 5.91 Å². The van der Waals surface area contributed by atoms with Gasteiger partial charge in [-0.1, -0.05) is 18.2 Å². The molecule has 0 saturated carbocycles. The predicted octanol–water partition coefficient (Wildman–Crippen LogP) is 1.35. The molecule has 1 N–H and O–H groups in total. The van der Waals surface area contributed by atoms with E-state index in [1.807, 2.05) is 24.3 Å². The number of carbonyl (C=O) groups excluding carboxylic acids is 1. The summed E-state index contributed by atoms with van der Waals surface area (Å²) < 4.78 is 10.6. The van der Waals surface area contributed by atoms with Gasteiger partial charge < -0.3 is 14.8 Å². The molecule has 1 aromatic carbocycles. The minimum atomic E-state index is 0.0839. The van der Waals surface area contributed by atoms with E-state index in [0.717, 1.165) is 44.1 Å². The Hall–Kier alpha value is -1.63. The number of nitrogens with zero attached hydrogens (tertiary/aromatic N) is 2. The zero-order chi connectivity index (χ0) is 18.4. The number of nitrogens with one attached hydrogen (secondary N) is 1. The van der Waals surface area contributed by atoms with Crippen LogP contribution in [0.1, 0.15) is 18.4 Å². The van der Waals surface area contributed by atoms with Crippen LogP contribution >= 0.6 is 0 Å². The minimum Gasteiger partial charge on any atom is -0.496 e. The highest BCUT2D eigenvalue weighted by molar-refractivity contribution is 5.78. The minimum absolute atomic E-state index is 0.0839. The van der Waals surface area contributed by atoms with Gasteiger partial charge in [-0.05, 0) is 24.8 Å². The Kier molecular flexibility index (Phi) is 6.88. The lowest BCUT2D eigenvalue weighted by atomic mass is 9.95. The lowest BCUT2D eigenvalue weighted by molar-refractivity contribution is -0.122. The molecule has 2 atom stereocenters. The Morgan fingerprint density at radius 2 is 2.04 bits per heavy atom. The third-order valence-corrected chi connectivity index (χ3v) is 5.52. The van der Waals surface area contributed by atoms with Crippen LogP contribution in [0, 0.1) is 5.92 Å². The van der Waals surface area contributed by atoms with Crippen LogP contribution in [0.15, 0.2) is 24.3 Å². The highest BCUT2D eigenvalue weighted by Gasteiger charge is 2.34. The molecule has 1 aromatic rings. The third-order valence-electron chi connectivity index (χ3n) is 5.52. The van der Waals surface area contributed by atoms with E-state index >= 15 is 0 Å². The summed E-state index contributed by atoms with van der Waals surface area (Å²) in [5.74, 6) is 1.56. The van der Waals surface area contributed by atoms with Crippen molar-refractivity contribution in [3.05, 3.63) is 29.8 Å². The Morgan fingerprint density at radius 3 is 2.85 bits per heavy atom. The van der Waals surface area contributed by atoms with Crippen molar-refractivity contribution in [3.63, 3.8) is 0 Å². The van der Waals surface area contributed by atoms with E-state index in [4.69, 9.17) is 9.47 Å². The fourth-order valence-corrected chi connectivity index (χ4v) is 4.19. The Morgan fingerprint density at radius 1 is 1.19 bits per heavy atom. The molecule has 3 aliphatic heterocycles. The zero-order valence-electron chi connectivity index (χ0n) is 15.9. The van der Waals surface area contributed by atoms with Crippen LogP contribution in [-0.2, 0) is 16.1 Å². The van der Waals surface area contributed by atoms with Crippen LogP contribution in [0.25, 0.3) is 0 Å². The van der Waals surface area contributed by atoms with Crippen LogP contribution in [0.3, 0.4) is 0 Å². The molecular formula is C20H31N3O3. The number of carbonyl (C=O) groups is 1. The van der Waals surface area contributed by atoms with Gasteiger partial charge in [0.15, 0.2) is 0 Å². The lowest BCUT2D eigenvalue weighted by Gasteiger charge is -2.35. The van der Waals surface area contributed by atoms with Gasteiger partial charge in [0.05, 0.1) is 20.3 Å². The molecule has 1 amide bonds. The molecule has 2 bridgehead atoms. The monoisotopic (exact) mass is 361 g/mol. The average molecular weight is 361 g/mol. The van der Waals surface area contributed by atoms with Gasteiger partial charge in [-0.3, -0.25) is 14.6 Å². The molecule has 0 unspecified atom stereocenters. The van der Waals surface area contributed by atoms with E-state index in [9.17, 15) is 4.79 Å². The third kappa shape index (κ3) is 4.96. The number of rotatable bonds is 8. The predicted molar refractivity (Wildman–Crippen MR) is 101 cm³/mol. The molecule has 0 aliphatic carbocycles. The van der Waals surface area contributed by atoms with Crippen molar-refractivity contribution in [2.45, 2.75) is 25.4 Å². The van der Waals surface area contributed by atoms with Gasteiger partial charge in [0, 0.05) is 51.4 Å². The molecule has 3 heterocycles. The normalized spacial score (nSPS) is 23.6. The van der Waals surface area contributed by atoms with Gasteiger partial charge in [0.25, 0.3) is 0 Å². The van der Waals surface area contributed by atoms with Crippen molar-refractivity contribution in [1.29, 1.82) is 0 Å². The van der Waals surface area contributed by atoms with Gasteiger partial charge in [-0.2, -0.15) is 0 Å². The topological polar surface area (TPSA) is 54.0 Å². The second-order valence-electron chi connectivity index (χ2n) is 7.37. The molecule has 0 aromatic heterocycles. The van der Waals surface area contributed by atoms with Crippen LogP contribution < -0.4 is 10.1 Å². The summed E-state index contributed by atoms with van der Waals surface area (Å²) in [7, 11) is 3.41. The number of amides is 1. The molecular weight excluding hydrogens is 330 g/mol. The maximum atomic E-state index is 12.5. The zero-order valence-corrected chi connectivity index (χ0v) is 15.9. The summed E-state index contributed by atoms with van der Waals surface area (Å²) in [5.41, 5.74) is 1.00. The van der Waals surface area contributed by atoms with E-state index in [0.29, 0.717) is 25.0 Å². The summed E-state index contributed by atoms with van der Waals surface area (Å²) in [4.78, 5) is 17.3. The van der Waals surface area contributed by atoms with Crippen LogP contribution in [-0.4, -0.2) is 75.3 Å². The molecule has 26 heavy (non-hydrogen) atoms. The number of fused-ring (bicyclic) bond motifs is 4. The van der Waals surface area contributed by atoms with Crippen molar-refractivity contribution >= 4 is 5.91 Å². The molecule has 4 rings (SSSR count). The summed E-state index contributed by atoms with van der Waals surface area (Å²) in [6, 6.07) is 8.35. The second kappa shape index (κ2) is 9.35. The van der Waals surface area contributed by atoms with Gasteiger partial charge >= 0.3 is 0 Å². The average Bonchev–Trinajstić information content (AvgIpc) is 2.95.